The normalized spacial score (nSPS) is 20.8. The number of aliphatic hydroxyl groups excluding tert-OH is 1. The van der Waals surface area contributed by atoms with Gasteiger partial charge in [0, 0.05) is 18.2 Å². The zero-order chi connectivity index (χ0) is 22.7. The van der Waals surface area contributed by atoms with Crippen LogP contribution in [0.1, 0.15) is 53.0 Å². The van der Waals surface area contributed by atoms with Gasteiger partial charge in [0.25, 0.3) is 5.91 Å². The SMILES string of the molecule is CO[C@H]1CC[C@](CO)(c2ccc(NC(=O)c3cnn(-c4ccc(C)cc4)c3C)cn2)CC1. The average molecular weight is 435 g/mol. The Kier molecular flexibility index (Phi) is 6.39. The van der Waals surface area contributed by atoms with Gasteiger partial charge >= 0.3 is 0 Å². The van der Waals surface area contributed by atoms with Crippen LogP contribution in [0, 0.1) is 13.8 Å². The molecule has 3 aromatic rings. The Bertz CT molecular complexity index is 1070. The van der Waals surface area contributed by atoms with E-state index in [-0.39, 0.29) is 24.0 Å². The minimum Gasteiger partial charge on any atom is -0.395 e. The van der Waals surface area contributed by atoms with E-state index in [2.05, 4.69) is 15.4 Å². The Labute approximate surface area is 188 Å². The standard InChI is InChI=1S/C25H30N4O3/c1-17-4-7-20(8-5-17)29-18(2)22(15-27-29)24(31)28-19-6-9-23(26-14-19)25(16-30)12-10-21(32-3)11-13-25/h4-9,14-15,21,30H,10-13,16H2,1-3H3,(H,28,31)/t21-,25-. The van der Waals surface area contributed by atoms with Crippen molar-refractivity contribution >= 4 is 11.6 Å². The Morgan fingerprint density at radius 2 is 1.88 bits per heavy atom. The fourth-order valence-corrected chi connectivity index (χ4v) is 4.43. The van der Waals surface area contributed by atoms with Crippen LogP contribution in [-0.2, 0) is 10.2 Å². The summed E-state index contributed by atoms with van der Waals surface area (Å²) in [5.41, 5.74) is 4.49. The van der Waals surface area contributed by atoms with Crippen LogP contribution in [0.25, 0.3) is 5.69 Å². The van der Waals surface area contributed by atoms with Gasteiger partial charge in [-0.05, 0) is 63.8 Å². The van der Waals surface area contributed by atoms with Gasteiger partial charge in [-0.2, -0.15) is 5.10 Å². The topological polar surface area (TPSA) is 89.3 Å². The van der Waals surface area contributed by atoms with E-state index in [1.54, 1.807) is 24.2 Å². The number of rotatable bonds is 6. The van der Waals surface area contributed by atoms with E-state index in [0.29, 0.717) is 11.3 Å². The fourth-order valence-electron chi connectivity index (χ4n) is 4.43. The summed E-state index contributed by atoms with van der Waals surface area (Å²) < 4.78 is 7.22. The lowest BCUT2D eigenvalue weighted by Crippen LogP contribution is -2.38. The third-order valence-electron chi connectivity index (χ3n) is 6.62. The second kappa shape index (κ2) is 9.22. The average Bonchev–Trinajstić information content (AvgIpc) is 3.21. The van der Waals surface area contributed by atoms with Crippen molar-refractivity contribution in [2.45, 2.75) is 51.0 Å². The first-order valence-corrected chi connectivity index (χ1v) is 11.0. The van der Waals surface area contributed by atoms with E-state index in [1.165, 1.54) is 5.56 Å². The highest BCUT2D eigenvalue weighted by Gasteiger charge is 2.37. The van der Waals surface area contributed by atoms with Crippen molar-refractivity contribution in [2.24, 2.45) is 0 Å². The quantitative estimate of drug-likeness (QED) is 0.613. The summed E-state index contributed by atoms with van der Waals surface area (Å²) in [5, 5.41) is 17.4. The molecule has 0 spiro atoms. The molecule has 0 radical (unpaired) electrons. The Balaban J connectivity index is 1.47. The van der Waals surface area contributed by atoms with Crippen LogP contribution in [0.5, 0.6) is 0 Å². The van der Waals surface area contributed by atoms with Gasteiger partial charge in [0.05, 0.1) is 47.7 Å². The molecule has 7 nitrogen and oxygen atoms in total. The van der Waals surface area contributed by atoms with E-state index in [4.69, 9.17) is 4.74 Å². The molecule has 4 rings (SSSR count). The van der Waals surface area contributed by atoms with E-state index in [0.717, 1.165) is 42.8 Å². The zero-order valence-electron chi connectivity index (χ0n) is 18.8. The van der Waals surface area contributed by atoms with Crippen LogP contribution >= 0.6 is 0 Å². The van der Waals surface area contributed by atoms with Gasteiger partial charge in [-0.3, -0.25) is 9.78 Å². The number of aliphatic hydroxyl groups is 1. The smallest absolute Gasteiger partial charge is 0.259 e. The number of ether oxygens (including phenoxy) is 1. The molecular weight excluding hydrogens is 404 g/mol. The van der Waals surface area contributed by atoms with Crippen LogP contribution in [0.4, 0.5) is 5.69 Å². The van der Waals surface area contributed by atoms with Crippen LogP contribution in [-0.4, -0.2) is 45.6 Å². The van der Waals surface area contributed by atoms with Gasteiger partial charge < -0.3 is 15.2 Å². The first-order chi connectivity index (χ1) is 15.5. The molecule has 0 bridgehead atoms. The van der Waals surface area contributed by atoms with Crippen molar-refractivity contribution in [1.82, 2.24) is 14.8 Å². The summed E-state index contributed by atoms with van der Waals surface area (Å²) >= 11 is 0. The number of nitrogens with one attached hydrogen (secondary N) is 1. The zero-order valence-corrected chi connectivity index (χ0v) is 18.8. The van der Waals surface area contributed by atoms with Crippen molar-refractivity contribution in [2.75, 3.05) is 19.0 Å². The number of carbonyl (C=O) groups excluding carboxylic acids is 1. The number of nitrogens with zero attached hydrogens (tertiary/aromatic N) is 3. The Morgan fingerprint density at radius 1 is 1.16 bits per heavy atom. The molecule has 168 valence electrons. The molecule has 1 aromatic carbocycles. The highest BCUT2D eigenvalue weighted by atomic mass is 16.5. The number of anilines is 1. The van der Waals surface area contributed by atoms with Crippen LogP contribution < -0.4 is 5.32 Å². The van der Waals surface area contributed by atoms with Crippen molar-refractivity contribution in [1.29, 1.82) is 0 Å². The molecule has 0 aliphatic heterocycles. The molecule has 7 heteroatoms. The van der Waals surface area contributed by atoms with Gasteiger partial charge in [-0.15, -0.1) is 0 Å². The lowest BCUT2D eigenvalue weighted by atomic mass is 9.71. The predicted octanol–water partition coefficient (Wildman–Crippen LogP) is 3.96. The van der Waals surface area contributed by atoms with Gasteiger partial charge in [0.2, 0.25) is 0 Å². The van der Waals surface area contributed by atoms with Crippen LogP contribution in [0.2, 0.25) is 0 Å². The van der Waals surface area contributed by atoms with Crippen LogP contribution in [0.3, 0.4) is 0 Å². The maximum Gasteiger partial charge on any atom is 0.259 e. The summed E-state index contributed by atoms with van der Waals surface area (Å²) in [6.07, 6.45) is 6.96. The van der Waals surface area contributed by atoms with Gasteiger partial charge in [0.1, 0.15) is 0 Å². The van der Waals surface area contributed by atoms with E-state index < -0.39 is 0 Å². The molecule has 2 aromatic heterocycles. The number of carbonyl (C=O) groups is 1. The van der Waals surface area contributed by atoms with E-state index >= 15 is 0 Å². The van der Waals surface area contributed by atoms with Gasteiger partial charge in [0.15, 0.2) is 0 Å². The molecule has 32 heavy (non-hydrogen) atoms. The molecule has 2 heterocycles. The first-order valence-electron chi connectivity index (χ1n) is 11.0. The minimum atomic E-state index is -0.344. The van der Waals surface area contributed by atoms with Crippen molar-refractivity contribution < 1.29 is 14.6 Å². The Morgan fingerprint density at radius 3 is 2.47 bits per heavy atom. The van der Waals surface area contributed by atoms with Crippen molar-refractivity contribution in [3.63, 3.8) is 0 Å². The highest BCUT2D eigenvalue weighted by Crippen LogP contribution is 2.39. The maximum absolute atomic E-state index is 12.9. The fraction of sp³-hybridized carbons (Fsp3) is 0.400. The summed E-state index contributed by atoms with van der Waals surface area (Å²) in [7, 11) is 1.73. The molecular formula is C25H30N4O3. The number of amides is 1. The predicted molar refractivity (Wildman–Crippen MR) is 123 cm³/mol. The number of hydrogen-bond donors (Lipinski definition) is 2. The molecule has 0 atom stereocenters. The van der Waals surface area contributed by atoms with E-state index in [1.807, 2.05) is 50.2 Å². The lowest BCUT2D eigenvalue weighted by molar-refractivity contribution is 0.0317. The molecule has 0 saturated heterocycles. The molecule has 0 unspecified atom stereocenters. The number of pyridine rings is 1. The summed E-state index contributed by atoms with van der Waals surface area (Å²) in [6, 6.07) is 11.8. The second-order valence-electron chi connectivity index (χ2n) is 8.65. The second-order valence-corrected chi connectivity index (χ2v) is 8.65. The number of aryl methyl sites for hydroxylation is 1. The molecule has 1 fully saturated rings. The number of methoxy groups -OCH3 is 1. The monoisotopic (exact) mass is 434 g/mol. The molecule has 2 N–H and O–H groups in total. The van der Waals surface area contributed by atoms with Crippen molar-refractivity contribution in [3.05, 3.63) is 71.3 Å². The summed E-state index contributed by atoms with van der Waals surface area (Å²) in [5.74, 6) is -0.229. The number of benzene rings is 1. The van der Waals surface area contributed by atoms with E-state index in [9.17, 15) is 9.90 Å². The molecule has 1 aliphatic carbocycles. The Hall–Kier alpha value is -3.03. The van der Waals surface area contributed by atoms with Gasteiger partial charge in [-0.1, -0.05) is 17.7 Å². The van der Waals surface area contributed by atoms with Crippen molar-refractivity contribution in [3.8, 4) is 5.69 Å². The number of hydrogen-bond acceptors (Lipinski definition) is 5. The summed E-state index contributed by atoms with van der Waals surface area (Å²) in [4.78, 5) is 17.5. The minimum absolute atomic E-state index is 0.0551. The molecule has 1 saturated carbocycles. The molecule has 1 amide bonds. The van der Waals surface area contributed by atoms with Gasteiger partial charge in [-0.25, -0.2) is 4.68 Å². The largest absolute Gasteiger partial charge is 0.395 e. The highest BCUT2D eigenvalue weighted by molar-refractivity contribution is 6.04. The third kappa shape index (κ3) is 4.31. The number of aromatic nitrogens is 3. The third-order valence-corrected chi connectivity index (χ3v) is 6.62. The lowest BCUT2D eigenvalue weighted by Gasteiger charge is -2.38. The first kappa shape index (κ1) is 22.2. The van der Waals surface area contributed by atoms with Crippen LogP contribution in [0.15, 0.2) is 48.8 Å². The summed E-state index contributed by atoms with van der Waals surface area (Å²) in [6.45, 7) is 3.97. The maximum atomic E-state index is 12.9. The molecule has 1 aliphatic rings.